The number of carbonyl (C=O) groups excluding carboxylic acids is 1. The molecule has 1 atom stereocenters. The molecule has 0 N–H and O–H groups in total. The van der Waals surface area contributed by atoms with Crippen LogP contribution in [-0.4, -0.2) is 18.8 Å². The van der Waals surface area contributed by atoms with Crippen LogP contribution < -0.4 is 9.64 Å². The smallest absolute Gasteiger partial charge is 0.238 e. The van der Waals surface area contributed by atoms with Gasteiger partial charge in [0, 0.05) is 5.02 Å². The Bertz CT molecular complexity index is 725. The predicted octanol–water partition coefficient (Wildman–Crippen LogP) is 4.27. The number of hydrogen-bond donors (Lipinski definition) is 0. The molecule has 0 radical (unpaired) electrons. The number of amides is 1. The third-order valence-corrected chi connectivity index (χ3v) is 4.85. The van der Waals surface area contributed by atoms with E-state index in [1.165, 1.54) is 31.0 Å². The molecule has 22 heavy (non-hydrogen) atoms. The van der Waals surface area contributed by atoms with Crippen LogP contribution in [0.25, 0.3) is 0 Å². The molecule has 1 fully saturated rings. The number of benzene rings is 2. The summed E-state index contributed by atoms with van der Waals surface area (Å²) in [6.45, 7) is 0. The Morgan fingerprint density at radius 3 is 2.86 bits per heavy atom. The minimum absolute atomic E-state index is 0.0557. The molecular weight excluding hydrogens is 325 g/mol. The maximum absolute atomic E-state index is 13.5. The van der Waals surface area contributed by atoms with Crippen molar-refractivity contribution in [3.05, 3.63) is 58.9 Å². The Labute approximate surface area is 137 Å². The van der Waals surface area contributed by atoms with Crippen LogP contribution in [0.2, 0.25) is 5.02 Å². The van der Waals surface area contributed by atoms with Crippen LogP contribution in [-0.2, 0) is 4.79 Å². The zero-order chi connectivity index (χ0) is 15.7. The molecule has 1 saturated heterocycles. The van der Waals surface area contributed by atoms with Gasteiger partial charge in [-0.2, -0.15) is 0 Å². The molecule has 3 rings (SSSR count). The van der Waals surface area contributed by atoms with Gasteiger partial charge in [-0.3, -0.25) is 9.69 Å². The Morgan fingerprint density at radius 2 is 2.14 bits per heavy atom. The van der Waals surface area contributed by atoms with E-state index in [9.17, 15) is 9.18 Å². The largest absolute Gasteiger partial charge is 0.495 e. The van der Waals surface area contributed by atoms with Crippen molar-refractivity contribution in [3.63, 3.8) is 0 Å². The first kappa shape index (κ1) is 15.2. The average molecular weight is 338 g/mol. The van der Waals surface area contributed by atoms with Gasteiger partial charge >= 0.3 is 0 Å². The number of nitrogens with zero attached hydrogens (tertiary/aromatic N) is 1. The number of methoxy groups -OCH3 is 1. The summed E-state index contributed by atoms with van der Waals surface area (Å²) in [6, 6.07) is 11.4. The molecule has 114 valence electrons. The SMILES string of the molecule is COc1ccc(Cl)cc1N1C(=O)CSC1c1cccc(F)c1. The summed E-state index contributed by atoms with van der Waals surface area (Å²) >= 11 is 7.51. The highest BCUT2D eigenvalue weighted by Gasteiger charge is 2.35. The lowest BCUT2D eigenvalue weighted by atomic mass is 10.1. The van der Waals surface area contributed by atoms with Crippen molar-refractivity contribution in [1.82, 2.24) is 0 Å². The molecule has 1 aliphatic heterocycles. The van der Waals surface area contributed by atoms with Crippen LogP contribution in [0.1, 0.15) is 10.9 Å². The summed E-state index contributed by atoms with van der Waals surface area (Å²) in [5, 5.41) is 0.217. The summed E-state index contributed by atoms with van der Waals surface area (Å²) in [6.07, 6.45) is 0. The van der Waals surface area contributed by atoms with Crippen LogP contribution in [0.5, 0.6) is 5.75 Å². The molecule has 0 bridgehead atoms. The number of anilines is 1. The summed E-state index contributed by atoms with van der Waals surface area (Å²) in [7, 11) is 1.54. The van der Waals surface area contributed by atoms with Crippen molar-refractivity contribution in [1.29, 1.82) is 0 Å². The maximum Gasteiger partial charge on any atom is 0.238 e. The fourth-order valence-corrected chi connectivity index (χ4v) is 3.77. The predicted molar refractivity (Wildman–Crippen MR) is 87.1 cm³/mol. The lowest BCUT2D eigenvalue weighted by Crippen LogP contribution is -2.28. The normalized spacial score (nSPS) is 17.9. The standard InChI is InChI=1S/C16H13ClFNO2S/c1-21-14-6-5-11(17)8-13(14)19-15(20)9-22-16(19)10-3-2-4-12(18)7-10/h2-8,16H,9H2,1H3. The van der Waals surface area contributed by atoms with E-state index in [-0.39, 0.29) is 17.1 Å². The number of rotatable bonds is 3. The highest BCUT2D eigenvalue weighted by molar-refractivity contribution is 8.00. The van der Waals surface area contributed by atoms with Gasteiger partial charge in [0.15, 0.2) is 0 Å². The molecule has 0 spiro atoms. The zero-order valence-corrected chi connectivity index (χ0v) is 13.3. The van der Waals surface area contributed by atoms with E-state index in [0.29, 0.717) is 22.2 Å². The van der Waals surface area contributed by atoms with Crippen molar-refractivity contribution in [2.45, 2.75) is 5.37 Å². The number of ether oxygens (including phenoxy) is 1. The van der Waals surface area contributed by atoms with Gasteiger partial charge in [-0.05, 0) is 35.9 Å². The monoisotopic (exact) mass is 337 g/mol. The molecule has 2 aromatic rings. The van der Waals surface area contributed by atoms with Gasteiger partial charge in [0.2, 0.25) is 5.91 Å². The van der Waals surface area contributed by atoms with E-state index in [1.807, 2.05) is 6.07 Å². The Hall–Kier alpha value is -1.72. The maximum atomic E-state index is 13.5. The first-order valence-electron chi connectivity index (χ1n) is 6.63. The molecule has 0 aromatic heterocycles. The van der Waals surface area contributed by atoms with Crippen LogP contribution in [0.4, 0.5) is 10.1 Å². The van der Waals surface area contributed by atoms with Crippen LogP contribution in [0.15, 0.2) is 42.5 Å². The molecule has 2 aromatic carbocycles. The van der Waals surface area contributed by atoms with Gasteiger partial charge < -0.3 is 4.74 Å². The summed E-state index contributed by atoms with van der Waals surface area (Å²) in [5.74, 6) is 0.508. The molecular formula is C16H13ClFNO2S. The average Bonchev–Trinajstić information content (AvgIpc) is 2.89. The summed E-state index contributed by atoms with van der Waals surface area (Å²) in [5.41, 5.74) is 1.33. The minimum atomic E-state index is -0.324. The molecule has 3 nitrogen and oxygen atoms in total. The molecule has 0 aliphatic carbocycles. The topological polar surface area (TPSA) is 29.5 Å². The Balaban J connectivity index is 2.07. The molecule has 1 aliphatic rings. The second-order valence-electron chi connectivity index (χ2n) is 4.80. The first-order chi connectivity index (χ1) is 10.6. The fourth-order valence-electron chi connectivity index (χ4n) is 2.44. The first-order valence-corrected chi connectivity index (χ1v) is 8.05. The second kappa shape index (κ2) is 6.18. The van der Waals surface area contributed by atoms with Crippen molar-refractivity contribution in [2.24, 2.45) is 0 Å². The Kier molecular flexibility index (Phi) is 4.27. The van der Waals surface area contributed by atoms with Gasteiger partial charge in [0.05, 0.1) is 18.6 Å². The second-order valence-corrected chi connectivity index (χ2v) is 6.30. The molecule has 1 amide bonds. The van der Waals surface area contributed by atoms with Gasteiger partial charge in [-0.25, -0.2) is 4.39 Å². The van der Waals surface area contributed by atoms with Crippen molar-refractivity contribution in [3.8, 4) is 5.75 Å². The molecule has 6 heteroatoms. The lowest BCUT2D eigenvalue weighted by molar-refractivity contribution is -0.115. The van der Waals surface area contributed by atoms with E-state index in [4.69, 9.17) is 16.3 Å². The highest BCUT2D eigenvalue weighted by atomic mass is 35.5. The molecule has 1 heterocycles. The van der Waals surface area contributed by atoms with E-state index in [0.717, 1.165) is 5.56 Å². The number of hydrogen-bond acceptors (Lipinski definition) is 3. The van der Waals surface area contributed by atoms with Gasteiger partial charge in [0.25, 0.3) is 0 Å². The summed E-state index contributed by atoms with van der Waals surface area (Å²) in [4.78, 5) is 14.0. The van der Waals surface area contributed by atoms with Crippen molar-refractivity contribution in [2.75, 3.05) is 17.8 Å². The van der Waals surface area contributed by atoms with Crippen LogP contribution >= 0.6 is 23.4 Å². The van der Waals surface area contributed by atoms with E-state index in [2.05, 4.69) is 0 Å². The number of halogens is 2. The molecule has 0 saturated carbocycles. The van der Waals surface area contributed by atoms with Crippen LogP contribution in [0.3, 0.4) is 0 Å². The van der Waals surface area contributed by atoms with Gasteiger partial charge in [-0.1, -0.05) is 23.7 Å². The van der Waals surface area contributed by atoms with Gasteiger partial charge in [-0.15, -0.1) is 11.8 Å². The third kappa shape index (κ3) is 2.78. The van der Waals surface area contributed by atoms with Gasteiger partial charge in [0.1, 0.15) is 16.9 Å². The van der Waals surface area contributed by atoms with E-state index >= 15 is 0 Å². The summed E-state index contributed by atoms with van der Waals surface area (Å²) < 4.78 is 18.8. The van der Waals surface area contributed by atoms with Crippen molar-refractivity contribution < 1.29 is 13.9 Å². The van der Waals surface area contributed by atoms with Crippen molar-refractivity contribution >= 4 is 35.0 Å². The third-order valence-electron chi connectivity index (χ3n) is 3.40. The Morgan fingerprint density at radius 1 is 1.32 bits per heavy atom. The fraction of sp³-hybridized carbons (Fsp3) is 0.188. The van der Waals surface area contributed by atoms with E-state index in [1.54, 1.807) is 29.2 Å². The van der Waals surface area contributed by atoms with Crippen LogP contribution in [0, 0.1) is 5.82 Å². The highest BCUT2D eigenvalue weighted by Crippen LogP contribution is 2.45. The number of thioether (sulfide) groups is 1. The number of carbonyl (C=O) groups is 1. The minimum Gasteiger partial charge on any atom is -0.495 e. The lowest BCUT2D eigenvalue weighted by Gasteiger charge is -2.26. The van der Waals surface area contributed by atoms with E-state index < -0.39 is 0 Å². The zero-order valence-electron chi connectivity index (χ0n) is 11.8. The quantitative estimate of drug-likeness (QED) is 0.837. The molecule has 1 unspecified atom stereocenters.